The maximum Gasteiger partial charge on any atom is 0.262 e. The minimum Gasteiger partial charge on any atom is -0.496 e. The van der Waals surface area contributed by atoms with Crippen LogP contribution in [0.15, 0.2) is 47.8 Å². The average molecular weight is 562 g/mol. The topological polar surface area (TPSA) is 59.1 Å². The van der Waals surface area contributed by atoms with E-state index in [4.69, 9.17) is 32.7 Å². The van der Waals surface area contributed by atoms with Crippen LogP contribution < -0.4 is 9.47 Å². The summed E-state index contributed by atoms with van der Waals surface area (Å²) in [6.07, 6.45) is 1.43. The summed E-state index contributed by atoms with van der Waals surface area (Å²) in [4.78, 5) is 32.5. The van der Waals surface area contributed by atoms with Gasteiger partial charge in [0, 0.05) is 27.5 Å². The number of carbonyl (C=O) groups excluding carboxylic acids is 2. The second-order valence-corrected chi connectivity index (χ2v) is 10.8. The van der Waals surface area contributed by atoms with Crippen LogP contribution in [0, 0.1) is 0 Å². The van der Waals surface area contributed by atoms with Crippen molar-refractivity contribution < 1.29 is 19.1 Å². The Morgan fingerprint density at radius 2 is 1.81 bits per heavy atom. The summed E-state index contributed by atoms with van der Waals surface area (Å²) in [6.45, 7) is 4.37. The lowest BCUT2D eigenvalue weighted by Gasteiger charge is -2.39. The lowest BCUT2D eigenvalue weighted by atomic mass is 9.93. The van der Waals surface area contributed by atoms with Crippen LogP contribution in [0.2, 0.25) is 10.0 Å². The largest absolute Gasteiger partial charge is 0.496 e. The lowest BCUT2D eigenvalue weighted by Crippen LogP contribution is -2.49. The number of benzene rings is 2. The van der Waals surface area contributed by atoms with Crippen LogP contribution in [0.3, 0.4) is 0 Å². The fraction of sp³-hybridized carbons (Fsp3) is 0.357. The first kappa shape index (κ1) is 27.3. The van der Waals surface area contributed by atoms with Gasteiger partial charge in [-0.05, 0) is 66.6 Å². The molecule has 0 bridgehead atoms. The lowest BCUT2D eigenvalue weighted by molar-refractivity contribution is -0.134. The van der Waals surface area contributed by atoms with E-state index in [-0.39, 0.29) is 30.4 Å². The van der Waals surface area contributed by atoms with E-state index in [1.54, 1.807) is 46.6 Å². The molecule has 0 spiro atoms. The van der Waals surface area contributed by atoms with Crippen molar-refractivity contribution in [3.63, 3.8) is 0 Å². The Morgan fingerprint density at radius 3 is 2.43 bits per heavy atom. The predicted molar refractivity (Wildman–Crippen MR) is 148 cm³/mol. The maximum absolute atomic E-state index is 14.0. The van der Waals surface area contributed by atoms with E-state index in [1.807, 2.05) is 36.3 Å². The highest BCUT2D eigenvalue weighted by molar-refractivity contribution is 7.10. The number of amides is 2. The summed E-state index contributed by atoms with van der Waals surface area (Å²) < 4.78 is 10.9. The van der Waals surface area contributed by atoms with Crippen molar-refractivity contribution in [2.45, 2.75) is 38.8 Å². The Labute approximate surface area is 231 Å². The summed E-state index contributed by atoms with van der Waals surface area (Å²) in [5.41, 5.74) is 2.17. The smallest absolute Gasteiger partial charge is 0.262 e. The summed E-state index contributed by atoms with van der Waals surface area (Å²) in [5, 5.41) is 3.08. The molecule has 6 nitrogen and oxygen atoms in total. The molecule has 3 aromatic rings. The minimum absolute atomic E-state index is 0.0871. The molecule has 2 heterocycles. The molecule has 9 heteroatoms. The van der Waals surface area contributed by atoms with E-state index in [1.165, 1.54) is 19.1 Å². The molecule has 0 N–H and O–H groups in total. The fourth-order valence-electron chi connectivity index (χ4n) is 4.73. The highest BCUT2D eigenvalue weighted by Gasteiger charge is 2.36. The standard InChI is InChI=1S/C28H30Cl2N2O4S/c1-5-17(2)32(28(34)26-22(35-3)7-6-8-23(26)36-4)16-25(33)31-13-11-24-20(12-14-37-24)27(31)19-10-9-18(29)15-21(19)30/h6-10,12,14-15,17,27H,5,11,13,16H2,1-4H3. The van der Waals surface area contributed by atoms with Gasteiger partial charge in [-0.25, -0.2) is 0 Å². The van der Waals surface area contributed by atoms with E-state index >= 15 is 0 Å². The number of halogens is 2. The molecule has 0 radical (unpaired) electrons. The quantitative estimate of drug-likeness (QED) is 0.316. The summed E-state index contributed by atoms with van der Waals surface area (Å²) >= 11 is 14.5. The minimum atomic E-state index is -0.359. The first-order valence-electron chi connectivity index (χ1n) is 12.1. The van der Waals surface area contributed by atoms with E-state index in [0.29, 0.717) is 40.1 Å². The molecular weight excluding hydrogens is 531 g/mol. The van der Waals surface area contributed by atoms with E-state index in [0.717, 1.165) is 17.5 Å². The number of fused-ring (bicyclic) bond motifs is 1. The second-order valence-electron chi connectivity index (χ2n) is 8.93. The Hall–Kier alpha value is -2.74. The van der Waals surface area contributed by atoms with Gasteiger partial charge in [-0.2, -0.15) is 0 Å². The third-order valence-electron chi connectivity index (χ3n) is 6.87. The summed E-state index contributed by atoms with van der Waals surface area (Å²) in [5.74, 6) is 0.329. The molecule has 0 saturated carbocycles. The van der Waals surface area contributed by atoms with Crippen molar-refractivity contribution in [1.29, 1.82) is 0 Å². The van der Waals surface area contributed by atoms with Gasteiger partial charge in [-0.3, -0.25) is 9.59 Å². The number of hydrogen-bond acceptors (Lipinski definition) is 5. The van der Waals surface area contributed by atoms with Crippen LogP contribution in [0.4, 0.5) is 0 Å². The molecular formula is C28H30Cl2N2O4S. The molecule has 0 fully saturated rings. The number of ether oxygens (including phenoxy) is 2. The van der Waals surface area contributed by atoms with Gasteiger partial charge in [-0.1, -0.05) is 42.3 Å². The number of thiophene rings is 1. The molecule has 2 amide bonds. The van der Waals surface area contributed by atoms with Gasteiger partial charge in [-0.15, -0.1) is 11.3 Å². The van der Waals surface area contributed by atoms with Gasteiger partial charge in [0.05, 0.1) is 20.3 Å². The predicted octanol–water partition coefficient (Wildman–Crippen LogP) is 6.49. The van der Waals surface area contributed by atoms with Gasteiger partial charge in [0.1, 0.15) is 23.6 Å². The number of nitrogens with zero attached hydrogens (tertiary/aromatic N) is 2. The van der Waals surface area contributed by atoms with Crippen molar-refractivity contribution in [2.24, 2.45) is 0 Å². The Bertz CT molecular complexity index is 1270. The molecule has 1 aliphatic heterocycles. The van der Waals surface area contributed by atoms with Crippen LogP contribution in [0.1, 0.15) is 52.7 Å². The zero-order valence-corrected chi connectivity index (χ0v) is 23.6. The van der Waals surface area contributed by atoms with E-state index < -0.39 is 0 Å². The monoisotopic (exact) mass is 560 g/mol. The van der Waals surface area contributed by atoms with E-state index in [9.17, 15) is 9.59 Å². The van der Waals surface area contributed by atoms with Crippen molar-refractivity contribution in [3.8, 4) is 11.5 Å². The normalized spacial score (nSPS) is 15.6. The van der Waals surface area contributed by atoms with Crippen molar-refractivity contribution >= 4 is 46.4 Å². The average Bonchev–Trinajstić information content (AvgIpc) is 3.39. The third-order valence-corrected chi connectivity index (χ3v) is 8.43. The molecule has 1 aromatic heterocycles. The first-order valence-corrected chi connectivity index (χ1v) is 13.8. The van der Waals surface area contributed by atoms with Crippen LogP contribution in [0.5, 0.6) is 11.5 Å². The third kappa shape index (κ3) is 5.44. The van der Waals surface area contributed by atoms with Gasteiger partial charge in [0.15, 0.2) is 0 Å². The highest BCUT2D eigenvalue weighted by Crippen LogP contribution is 2.41. The van der Waals surface area contributed by atoms with Gasteiger partial charge >= 0.3 is 0 Å². The van der Waals surface area contributed by atoms with Gasteiger partial charge in [0.2, 0.25) is 5.91 Å². The number of methoxy groups -OCH3 is 2. The van der Waals surface area contributed by atoms with Crippen LogP contribution >= 0.6 is 34.5 Å². The molecule has 37 heavy (non-hydrogen) atoms. The van der Waals surface area contributed by atoms with Crippen LogP contribution in [-0.4, -0.2) is 55.0 Å². The maximum atomic E-state index is 14.0. The van der Waals surface area contributed by atoms with Gasteiger partial charge in [0.25, 0.3) is 5.91 Å². The molecule has 1 aliphatic rings. The molecule has 0 saturated heterocycles. The molecule has 196 valence electrons. The van der Waals surface area contributed by atoms with Crippen molar-refractivity contribution in [2.75, 3.05) is 27.3 Å². The van der Waals surface area contributed by atoms with Gasteiger partial charge < -0.3 is 19.3 Å². The highest BCUT2D eigenvalue weighted by atomic mass is 35.5. The van der Waals surface area contributed by atoms with Crippen LogP contribution in [0.25, 0.3) is 0 Å². The second kappa shape index (κ2) is 11.8. The molecule has 0 aliphatic carbocycles. The SMILES string of the molecule is CCC(C)N(CC(=O)N1CCc2sccc2C1c1ccc(Cl)cc1Cl)C(=O)c1c(OC)cccc1OC. The number of carbonyl (C=O) groups is 2. The fourth-order valence-corrected chi connectivity index (χ4v) is 6.15. The summed E-state index contributed by atoms with van der Waals surface area (Å²) in [7, 11) is 3.02. The van der Waals surface area contributed by atoms with Crippen molar-refractivity contribution in [1.82, 2.24) is 9.80 Å². The van der Waals surface area contributed by atoms with Crippen molar-refractivity contribution in [3.05, 3.63) is 79.5 Å². The molecule has 2 atom stereocenters. The first-order chi connectivity index (χ1) is 17.8. The molecule has 2 unspecified atom stereocenters. The molecule has 2 aromatic carbocycles. The number of hydrogen-bond donors (Lipinski definition) is 0. The Morgan fingerprint density at radius 1 is 1.11 bits per heavy atom. The Kier molecular flexibility index (Phi) is 8.67. The summed E-state index contributed by atoms with van der Waals surface area (Å²) in [6, 6.07) is 12.1. The van der Waals surface area contributed by atoms with Crippen LogP contribution in [-0.2, 0) is 11.2 Å². The number of rotatable bonds is 8. The Balaban J connectivity index is 1.71. The molecule has 4 rings (SSSR count). The zero-order chi connectivity index (χ0) is 26.7. The zero-order valence-electron chi connectivity index (χ0n) is 21.3. The van der Waals surface area contributed by atoms with E-state index in [2.05, 4.69) is 0 Å².